The fraction of sp³-hybridized carbons (Fsp3) is 0.308. The van der Waals surface area contributed by atoms with Crippen molar-refractivity contribution >= 4 is 34.1 Å². The number of halogens is 2. The maximum absolute atomic E-state index is 13.9. The molecule has 0 saturated heterocycles. The van der Waals surface area contributed by atoms with Gasteiger partial charge in [-0.15, -0.1) is 0 Å². The van der Waals surface area contributed by atoms with Crippen molar-refractivity contribution in [2.75, 3.05) is 5.32 Å². The third-order valence-corrected chi connectivity index (χ3v) is 6.96. The molecule has 5 rings (SSSR count). The van der Waals surface area contributed by atoms with Crippen LogP contribution < -0.4 is 5.32 Å². The molecule has 0 unspecified atom stereocenters. The highest BCUT2D eigenvalue weighted by molar-refractivity contribution is 6.30. The molecule has 1 amide bonds. The number of benzene rings is 2. The number of anilines is 1. The second-order valence-electron chi connectivity index (χ2n) is 8.76. The number of amides is 1. The molecule has 3 atom stereocenters. The lowest BCUT2D eigenvalue weighted by atomic mass is 9.72. The smallest absolute Gasteiger partial charge is 0.228 e. The molecule has 1 saturated carbocycles. The minimum Gasteiger partial charge on any atom is -0.326 e. The largest absolute Gasteiger partial charge is 0.326 e. The highest BCUT2D eigenvalue weighted by atomic mass is 35.5. The summed E-state index contributed by atoms with van der Waals surface area (Å²) in [4.78, 5) is 16.9. The first-order chi connectivity index (χ1) is 15.0. The number of carbonyl (C=O) groups is 1. The number of hydrogen-bond acceptors (Lipinski definition) is 2. The Labute approximate surface area is 186 Å². The standard InChI is InChI=1S/C26H24ClFN2O/c27-20-3-6-22(7-4-20)30-26(31)13-16-11-17-1-2-18(14-19(17)12-16)23-9-10-29-25-8-5-21(28)15-24(23)25/h3-11,15,17-19H,1-2,12-14H2,(H,30,31)/t17-,18-,19-/m0/s1. The number of pyridine rings is 1. The molecule has 1 N–H and O–H groups in total. The first-order valence-electron chi connectivity index (χ1n) is 10.8. The number of allylic oxidation sites excluding steroid dienone is 1. The summed E-state index contributed by atoms with van der Waals surface area (Å²) < 4.78 is 13.9. The van der Waals surface area contributed by atoms with Crippen LogP contribution in [0.5, 0.6) is 0 Å². The van der Waals surface area contributed by atoms with E-state index in [2.05, 4.69) is 22.4 Å². The van der Waals surface area contributed by atoms with E-state index in [4.69, 9.17) is 11.6 Å². The van der Waals surface area contributed by atoms with Crippen LogP contribution in [0.15, 0.2) is 66.4 Å². The molecule has 3 nitrogen and oxygen atoms in total. The van der Waals surface area contributed by atoms with Crippen molar-refractivity contribution in [1.29, 1.82) is 0 Å². The van der Waals surface area contributed by atoms with Crippen molar-refractivity contribution in [3.63, 3.8) is 0 Å². The van der Waals surface area contributed by atoms with Gasteiger partial charge in [-0.05, 0) is 97.5 Å². The van der Waals surface area contributed by atoms with Crippen molar-refractivity contribution in [2.45, 2.75) is 38.0 Å². The molecule has 0 radical (unpaired) electrons. The Kier molecular flexibility index (Phi) is 5.49. The fourth-order valence-corrected chi connectivity index (χ4v) is 5.43. The van der Waals surface area contributed by atoms with Crippen molar-refractivity contribution in [3.05, 3.63) is 82.8 Å². The number of rotatable bonds is 4. The monoisotopic (exact) mass is 434 g/mol. The third-order valence-electron chi connectivity index (χ3n) is 6.71. The molecule has 0 spiro atoms. The molecule has 2 aromatic carbocycles. The van der Waals surface area contributed by atoms with E-state index in [0.717, 1.165) is 42.3 Å². The zero-order valence-corrected chi connectivity index (χ0v) is 17.9. The van der Waals surface area contributed by atoms with Gasteiger partial charge in [0.05, 0.1) is 5.52 Å². The summed E-state index contributed by atoms with van der Waals surface area (Å²) in [6, 6.07) is 14.1. The summed E-state index contributed by atoms with van der Waals surface area (Å²) in [5.41, 5.74) is 4.05. The van der Waals surface area contributed by atoms with Gasteiger partial charge < -0.3 is 5.32 Å². The lowest BCUT2D eigenvalue weighted by Crippen LogP contribution is -2.20. The lowest BCUT2D eigenvalue weighted by molar-refractivity contribution is -0.115. The van der Waals surface area contributed by atoms with E-state index < -0.39 is 0 Å². The van der Waals surface area contributed by atoms with E-state index in [1.165, 1.54) is 17.2 Å². The first-order valence-corrected chi connectivity index (χ1v) is 11.2. The van der Waals surface area contributed by atoms with Crippen molar-refractivity contribution < 1.29 is 9.18 Å². The number of hydrogen-bond donors (Lipinski definition) is 1. The van der Waals surface area contributed by atoms with E-state index >= 15 is 0 Å². The molecule has 1 fully saturated rings. The Bertz CT molecular complexity index is 1160. The van der Waals surface area contributed by atoms with Crippen LogP contribution >= 0.6 is 11.6 Å². The Balaban J connectivity index is 1.24. The minimum atomic E-state index is -0.216. The number of nitrogens with zero attached hydrogens (tertiary/aromatic N) is 1. The van der Waals surface area contributed by atoms with Gasteiger partial charge in [0.2, 0.25) is 5.91 Å². The molecule has 5 heteroatoms. The van der Waals surface area contributed by atoms with Crippen LogP contribution in [-0.4, -0.2) is 10.9 Å². The summed E-state index contributed by atoms with van der Waals surface area (Å²) >= 11 is 5.91. The average molecular weight is 435 g/mol. The Morgan fingerprint density at radius 2 is 1.97 bits per heavy atom. The summed E-state index contributed by atoms with van der Waals surface area (Å²) in [6.07, 6.45) is 8.82. The van der Waals surface area contributed by atoms with Crippen LogP contribution in [0.1, 0.15) is 43.6 Å². The van der Waals surface area contributed by atoms with Crippen LogP contribution in [-0.2, 0) is 4.79 Å². The quantitative estimate of drug-likeness (QED) is 0.454. The molecule has 0 bridgehead atoms. The molecular formula is C26H24ClFN2O. The summed E-state index contributed by atoms with van der Waals surface area (Å²) in [5.74, 6) is 1.30. The SMILES string of the molecule is O=C(CC1=C[C@@H]2CC[C@H](c3ccnc4ccc(F)cc34)C[C@@H]2C1)Nc1ccc(Cl)cc1. The lowest BCUT2D eigenvalue weighted by Gasteiger charge is -2.32. The third kappa shape index (κ3) is 4.35. The van der Waals surface area contributed by atoms with Gasteiger partial charge in [0, 0.05) is 28.7 Å². The number of carbonyl (C=O) groups excluding carboxylic acids is 1. The maximum atomic E-state index is 13.9. The van der Waals surface area contributed by atoms with Crippen LogP contribution in [0.3, 0.4) is 0 Å². The fourth-order valence-electron chi connectivity index (χ4n) is 5.30. The highest BCUT2D eigenvalue weighted by Gasteiger charge is 2.35. The van der Waals surface area contributed by atoms with Crippen molar-refractivity contribution in [2.24, 2.45) is 11.8 Å². The normalized spacial score (nSPS) is 22.8. The van der Waals surface area contributed by atoms with E-state index in [-0.39, 0.29) is 11.7 Å². The van der Waals surface area contributed by atoms with Gasteiger partial charge in [-0.3, -0.25) is 9.78 Å². The van der Waals surface area contributed by atoms with Gasteiger partial charge in [0.15, 0.2) is 0 Å². The molecule has 1 heterocycles. The zero-order valence-electron chi connectivity index (χ0n) is 17.2. The van der Waals surface area contributed by atoms with Crippen LogP contribution in [0, 0.1) is 17.7 Å². The summed E-state index contributed by atoms with van der Waals surface area (Å²) in [5, 5.41) is 4.54. The van der Waals surface area contributed by atoms with Gasteiger partial charge in [-0.1, -0.05) is 23.3 Å². The van der Waals surface area contributed by atoms with Crippen LogP contribution in [0.25, 0.3) is 10.9 Å². The second kappa shape index (κ2) is 8.43. The second-order valence-corrected chi connectivity index (χ2v) is 9.19. The Hall–Kier alpha value is -2.72. The minimum absolute atomic E-state index is 0.0133. The van der Waals surface area contributed by atoms with E-state index in [1.54, 1.807) is 24.3 Å². The molecule has 158 valence electrons. The van der Waals surface area contributed by atoms with Crippen molar-refractivity contribution in [1.82, 2.24) is 4.98 Å². The van der Waals surface area contributed by atoms with Gasteiger partial charge in [0.25, 0.3) is 0 Å². The molecule has 31 heavy (non-hydrogen) atoms. The number of aromatic nitrogens is 1. The maximum Gasteiger partial charge on any atom is 0.228 e. The van der Waals surface area contributed by atoms with Crippen LogP contribution in [0.4, 0.5) is 10.1 Å². The highest BCUT2D eigenvalue weighted by Crippen LogP contribution is 2.48. The van der Waals surface area contributed by atoms with Crippen molar-refractivity contribution in [3.8, 4) is 0 Å². The Morgan fingerprint density at radius 1 is 1.13 bits per heavy atom. The average Bonchev–Trinajstić information content (AvgIpc) is 3.16. The summed E-state index contributed by atoms with van der Waals surface area (Å²) in [6.45, 7) is 0. The van der Waals surface area contributed by atoms with Gasteiger partial charge >= 0.3 is 0 Å². The number of nitrogens with one attached hydrogen (secondary N) is 1. The van der Waals surface area contributed by atoms with E-state index in [1.807, 2.05) is 18.3 Å². The molecule has 0 aliphatic heterocycles. The first kappa shape index (κ1) is 20.2. The molecular weight excluding hydrogens is 411 g/mol. The van der Waals surface area contributed by atoms with Crippen LogP contribution in [0.2, 0.25) is 5.02 Å². The van der Waals surface area contributed by atoms with Gasteiger partial charge in [-0.2, -0.15) is 0 Å². The number of fused-ring (bicyclic) bond motifs is 2. The van der Waals surface area contributed by atoms with Gasteiger partial charge in [-0.25, -0.2) is 4.39 Å². The summed E-state index contributed by atoms with van der Waals surface area (Å²) in [7, 11) is 0. The molecule has 1 aromatic heterocycles. The molecule has 3 aromatic rings. The molecule has 2 aliphatic carbocycles. The van der Waals surface area contributed by atoms with Gasteiger partial charge in [0.1, 0.15) is 5.82 Å². The topological polar surface area (TPSA) is 42.0 Å². The van der Waals surface area contributed by atoms with E-state index in [9.17, 15) is 9.18 Å². The molecule has 2 aliphatic rings. The van der Waals surface area contributed by atoms with E-state index in [0.29, 0.717) is 29.2 Å². The predicted octanol–water partition coefficient (Wildman–Crippen LogP) is 6.89. The Morgan fingerprint density at radius 3 is 2.81 bits per heavy atom. The predicted molar refractivity (Wildman–Crippen MR) is 123 cm³/mol. The zero-order chi connectivity index (χ0) is 21.4.